The molecule has 1 aliphatic carbocycles. The molecule has 0 aromatic heterocycles. The summed E-state index contributed by atoms with van der Waals surface area (Å²) in [5.74, 6) is 0. The molecule has 4 N–H and O–H groups in total. The SMILES string of the molecule is CC1(N)C=CC=C(Cc2ccc(N)cc2)C1. The van der Waals surface area contributed by atoms with Gasteiger partial charge in [-0.15, -0.1) is 0 Å². The van der Waals surface area contributed by atoms with Gasteiger partial charge in [-0.1, -0.05) is 35.9 Å². The number of hydrogen-bond acceptors (Lipinski definition) is 2. The molecule has 0 amide bonds. The minimum Gasteiger partial charge on any atom is -0.399 e. The van der Waals surface area contributed by atoms with E-state index in [1.807, 2.05) is 12.1 Å². The highest BCUT2D eigenvalue weighted by atomic mass is 14.7. The van der Waals surface area contributed by atoms with E-state index in [0.29, 0.717) is 0 Å². The van der Waals surface area contributed by atoms with Gasteiger partial charge in [0.1, 0.15) is 0 Å². The molecular formula is C14H18N2. The van der Waals surface area contributed by atoms with Gasteiger partial charge in [0, 0.05) is 11.2 Å². The number of nitrogens with two attached hydrogens (primary N) is 2. The second kappa shape index (κ2) is 4.14. The summed E-state index contributed by atoms with van der Waals surface area (Å²) in [4.78, 5) is 0. The fraction of sp³-hybridized carbons (Fsp3) is 0.286. The zero-order valence-electron chi connectivity index (χ0n) is 9.61. The number of rotatable bonds is 2. The van der Waals surface area contributed by atoms with E-state index in [2.05, 4.69) is 37.3 Å². The molecule has 16 heavy (non-hydrogen) atoms. The maximum Gasteiger partial charge on any atom is 0.0351 e. The Kier molecular flexibility index (Phi) is 2.84. The van der Waals surface area contributed by atoms with Crippen molar-refractivity contribution in [1.82, 2.24) is 0 Å². The van der Waals surface area contributed by atoms with E-state index in [4.69, 9.17) is 11.5 Å². The first-order valence-electron chi connectivity index (χ1n) is 5.56. The predicted octanol–water partition coefficient (Wildman–Crippen LogP) is 2.42. The molecule has 2 nitrogen and oxygen atoms in total. The molecule has 0 saturated heterocycles. The van der Waals surface area contributed by atoms with Gasteiger partial charge >= 0.3 is 0 Å². The first kappa shape index (κ1) is 11.0. The first-order valence-corrected chi connectivity index (χ1v) is 5.56. The minimum absolute atomic E-state index is 0.197. The molecule has 1 aliphatic rings. The van der Waals surface area contributed by atoms with Gasteiger partial charge < -0.3 is 11.5 Å². The lowest BCUT2D eigenvalue weighted by Crippen LogP contribution is -2.35. The second-order valence-corrected chi connectivity index (χ2v) is 4.78. The average Bonchev–Trinajstić information content (AvgIpc) is 2.20. The van der Waals surface area contributed by atoms with Crippen molar-refractivity contribution >= 4 is 5.69 Å². The van der Waals surface area contributed by atoms with Crippen molar-refractivity contribution in [2.45, 2.75) is 25.3 Å². The zero-order chi connectivity index (χ0) is 11.6. The lowest BCUT2D eigenvalue weighted by Gasteiger charge is -2.25. The third kappa shape index (κ3) is 2.74. The van der Waals surface area contributed by atoms with Crippen LogP contribution in [0.5, 0.6) is 0 Å². The Bertz CT molecular complexity index is 425. The topological polar surface area (TPSA) is 52.0 Å². The van der Waals surface area contributed by atoms with E-state index in [1.165, 1.54) is 11.1 Å². The standard InChI is InChI=1S/C14H18N2/c1-14(16)8-2-3-12(10-14)9-11-4-6-13(15)7-5-11/h2-8H,9-10,15-16H2,1H3. The van der Waals surface area contributed by atoms with Gasteiger partial charge in [-0.05, 0) is 37.5 Å². The summed E-state index contributed by atoms with van der Waals surface area (Å²) in [6.07, 6.45) is 8.14. The van der Waals surface area contributed by atoms with Crippen molar-refractivity contribution in [3.63, 3.8) is 0 Å². The van der Waals surface area contributed by atoms with Gasteiger partial charge in [0.15, 0.2) is 0 Å². The predicted molar refractivity (Wildman–Crippen MR) is 69.0 cm³/mol. The monoisotopic (exact) mass is 214 g/mol. The van der Waals surface area contributed by atoms with Gasteiger partial charge in [0.05, 0.1) is 0 Å². The Hall–Kier alpha value is -1.54. The average molecular weight is 214 g/mol. The molecule has 2 rings (SSSR count). The van der Waals surface area contributed by atoms with E-state index in [9.17, 15) is 0 Å². The number of benzene rings is 1. The van der Waals surface area contributed by atoms with Crippen LogP contribution in [0.2, 0.25) is 0 Å². The molecule has 0 radical (unpaired) electrons. The van der Waals surface area contributed by atoms with Crippen molar-refractivity contribution in [3.8, 4) is 0 Å². The molecule has 1 unspecified atom stereocenters. The quantitative estimate of drug-likeness (QED) is 0.743. The van der Waals surface area contributed by atoms with Gasteiger partial charge in [0.2, 0.25) is 0 Å². The summed E-state index contributed by atoms with van der Waals surface area (Å²) < 4.78 is 0. The van der Waals surface area contributed by atoms with Gasteiger partial charge in [-0.3, -0.25) is 0 Å². The van der Waals surface area contributed by atoms with Crippen LogP contribution in [0.1, 0.15) is 18.9 Å². The first-order chi connectivity index (χ1) is 7.55. The third-order valence-electron chi connectivity index (χ3n) is 2.83. The van der Waals surface area contributed by atoms with Gasteiger partial charge in [-0.25, -0.2) is 0 Å². The number of allylic oxidation sites excluding steroid dienone is 2. The van der Waals surface area contributed by atoms with Crippen molar-refractivity contribution in [2.24, 2.45) is 5.73 Å². The molecule has 0 spiro atoms. The van der Waals surface area contributed by atoms with Crippen LogP contribution in [-0.4, -0.2) is 5.54 Å². The molecule has 2 heteroatoms. The summed E-state index contributed by atoms with van der Waals surface area (Å²) in [6, 6.07) is 8.02. The molecule has 1 aromatic carbocycles. The van der Waals surface area contributed by atoms with Gasteiger partial charge in [-0.2, -0.15) is 0 Å². The van der Waals surface area contributed by atoms with Gasteiger partial charge in [0.25, 0.3) is 0 Å². The van der Waals surface area contributed by atoms with Crippen molar-refractivity contribution in [2.75, 3.05) is 5.73 Å². The fourth-order valence-electron chi connectivity index (χ4n) is 2.03. The number of anilines is 1. The van der Waals surface area contributed by atoms with Crippen LogP contribution in [0.15, 0.2) is 48.1 Å². The molecule has 0 fully saturated rings. The molecule has 1 atom stereocenters. The summed E-state index contributed by atoms with van der Waals surface area (Å²) in [5, 5.41) is 0. The number of hydrogen-bond donors (Lipinski definition) is 2. The molecular weight excluding hydrogens is 196 g/mol. The Morgan fingerprint density at radius 2 is 1.94 bits per heavy atom. The Balaban J connectivity index is 2.08. The van der Waals surface area contributed by atoms with Crippen LogP contribution in [0, 0.1) is 0 Å². The summed E-state index contributed by atoms with van der Waals surface area (Å²) in [7, 11) is 0. The molecule has 0 bridgehead atoms. The van der Waals surface area contributed by atoms with Crippen LogP contribution >= 0.6 is 0 Å². The lowest BCUT2D eigenvalue weighted by molar-refractivity contribution is 0.565. The van der Waals surface area contributed by atoms with Crippen LogP contribution in [0.4, 0.5) is 5.69 Å². The molecule has 0 aliphatic heterocycles. The maximum absolute atomic E-state index is 6.10. The van der Waals surface area contributed by atoms with Crippen LogP contribution in [-0.2, 0) is 6.42 Å². The van der Waals surface area contributed by atoms with Crippen LogP contribution in [0.3, 0.4) is 0 Å². The van der Waals surface area contributed by atoms with E-state index < -0.39 is 0 Å². The van der Waals surface area contributed by atoms with Crippen LogP contribution in [0.25, 0.3) is 0 Å². The Morgan fingerprint density at radius 1 is 1.25 bits per heavy atom. The Morgan fingerprint density at radius 3 is 2.56 bits per heavy atom. The minimum atomic E-state index is -0.197. The summed E-state index contributed by atoms with van der Waals surface area (Å²) in [6.45, 7) is 2.06. The van der Waals surface area contributed by atoms with E-state index in [-0.39, 0.29) is 5.54 Å². The largest absolute Gasteiger partial charge is 0.399 e. The second-order valence-electron chi connectivity index (χ2n) is 4.78. The molecule has 0 saturated carbocycles. The lowest BCUT2D eigenvalue weighted by atomic mass is 9.86. The van der Waals surface area contributed by atoms with E-state index in [1.54, 1.807) is 0 Å². The van der Waals surface area contributed by atoms with E-state index >= 15 is 0 Å². The molecule has 84 valence electrons. The smallest absolute Gasteiger partial charge is 0.0351 e. The molecule has 1 aromatic rings. The highest BCUT2D eigenvalue weighted by Gasteiger charge is 2.18. The number of nitrogen functional groups attached to an aromatic ring is 1. The summed E-state index contributed by atoms with van der Waals surface area (Å²) in [5.41, 5.74) is 15.0. The van der Waals surface area contributed by atoms with Crippen LogP contribution < -0.4 is 11.5 Å². The third-order valence-corrected chi connectivity index (χ3v) is 2.83. The highest BCUT2D eigenvalue weighted by molar-refractivity contribution is 5.41. The highest BCUT2D eigenvalue weighted by Crippen LogP contribution is 2.23. The Labute approximate surface area is 96.6 Å². The van der Waals surface area contributed by atoms with Crippen molar-refractivity contribution in [1.29, 1.82) is 0 Å². The zero-order valence-corrected chi connectivity index (χ0v) is 9.61. The summed E-state index contributed by atoms with van der Waals surface area (Å²) >= 11 is 0. The van der Waals surface area contributed by atoms with Crippen molar-refractivity contribution < 1.29 is 0 Å². The molecule has 0 heterocycles. The normalized spacial score (nSPS) is 24.2. The van der Waals surface area contributed by atoms with E-state index in [0.717, 1.165) is 18.5 Å². The van der Waals surface area contributed by atoms with Crippen molar-refractivity contribution in [3.05, 3.63) is 53.6 Å². The maximum atomic E-state index is 6.10. The fourth-order valence-corrected chi connectivity index (χ4v) is 2.03.